The number of carboxylic acid groups (broad SMARTS) is 1. The highest BCUT2D eigenvalue weighted by Crippen LogP contribution is 2.28. The molecule has 2 N–H and O–H groups in total. The van der Waals surface area contributed by atoms with Gasteiger partial charge in [-0.15, -0.1) is 0 Å². The minimum atomic E-state index is -1.24. The highest BCUT2D eigenvalue weighted by molar-refractivity contribution is 5.92. The van der Waals surface area contributed by atoms with Gasteiger partial charge >= 0.3 is 5.97 Å². The lowest BCUT2D eigenvalue weighted by Gasteiger charge is -2.31. The van der Waals surface area contributed by atoms with Crippen LogP contribution in [0.3, 0.4) is 0 Å². The van der Waals surface area contributed by atoms with Crippen LogP contribution in [-0.4, -0.2) is 54.6 Å². The van der Waals surface area contributed by atoms with Gasteiger partial charge in [0.05, 0.1) is 23.1 Å². The SMILES string of the molecule is Cc1nc2cnccc2n1CC1CCN(C(=O)/C=C/c2cccc(-c3ccc(N=Nc4ccc(O)c(C(=O)O)c4)cc3)c2)CC1. The Kier molecular flexibility index (Phi) is 8.45. The molecule has 2 aromatic heterocycles. The monoisotopic (exact) mass is 600 g/mol. The van der Waals surface area contributed by atoms with Crippen molar-refractivity contribution in [1.29, 1.82) is 0 Å². The minimum Gasteiger partial charge on any atom is -0.507 e. The third-order valence-corrected chi connectivity index (χ3v) is 8.11. The van der Waals surface area contributed by atoms with Crippen LogP contribution in [-0.2, 0) is 11.3 Å². The number of aryl methyl sites for hydroxylation is 1. The first-order valence-corrected chi connectivity index (χ1v) is 14.8. The standard InChI is InChI=1S/C35H32N6O4/c1-23-37-31-21-36-16-13-32(31)41(23)22-25-14-17-40(18-15-25)34(43)12-5-24-3-2-4-27(19-24)26-6-8-28(9-7-26)38-39-29-10-11-33(42)30(20-29)35(44)45/h2-13,16,19-21,25,42H,14-15,17-18,22H2,1H3,(H,44,45)/b12-5+,39-38?. The van der Waals surface area contributed by atoms with Gasteiger partial charge in [-0.05, 0) is 90.9 Å². The van der Waals surface area contributed by atoms with Crippen LogP contribution in [0.25, 0.3) is 28.2 Å². The molecule has 226 valence electrons. The highest BCUT2D eigenvalue weighted by Gasteiger charge is 2.23. The van der Waals surface area contributed by atoms with E-state index < -0.39 is 5.97 Å². The molecular weight excluding hydrogens is 568 g/mol. The van der Waals surface area contributed by atoms with E-state index in [2.05, 4.69) is 24.8 Å². The fraction of sp³-hybridized carbons (Fsp3) is 0.200. The van der Waals surface area contributed by atoms with Crippen LogP contribution in [0.1, 0.15) is 34.6 Å². The topological polar surface area (TPSA) is 133 Å². The molecule has 5 aromatic rings. The first-order valence-electron chi connectivity index (χ1n) is 14.8. The zero-order chi connectivity index (χ0) is 31.3. The maximum Gasteiger partial charge on any atom is 0.339 e. The number of aromatic nitrogens is 3. The number of likely N-dealkylation sites (tertiary alicyclic amines) is 1. The Bertz CT molecular complexity index is 1920. The van der Waals surface area contributed by atoms with Crippen LogP contribution < -0.4 is 0 Å². The summed E-state index contributed by atoms with van der Waals surface area (Å²) in [6.07, 6.45) is 9.02. The van der Waals surface area contributed by atoms with Gasteiger partial charge in [-0.2, -0.15) is 10.2 Å². The maximum absolute atomic E-state index is 13.0. The lowest BCUT2D eigenvalue weighted by Crippen LogP contribution is -2.38. The molecule has 1 fully saturated rings. The van der Waals surface area contributed by atoms with E-state index in [1.54, 1.807) is 18.5 Å². The zero-order valence-corrected chi connectivity index (χ0v) is 24.7. The van der Waals surface area contributed by atoms with Gasteiger partial charge in [0.1, 0.15) is 22.7 Å². The van der Waals surface area contributed by atoms with Crippen LogP contribution in [0.4, 0.5) is 11.4 Å². The Morgan fingerprint density at radius 1 is 0.956 bits per heavy atom. The van der Waals surface area contributed by atoms with E-state index in [9.17, 15) is 19.8 Å². The molecule has 0 saturated carbocycles. The summed E-state index contributed by atoms with van der Waals surface area (Å²) in [7, 11) is 0. The predicted octanol–water partition coefficient (Wildman–Crippen LogP) is 7.18. The van der Waals surface area contributed by atoms with Crippen molar-refractivity contribution in [3.8, 4) is 16.9 Å². The van der Waals surface area contributed by atoms with E-state index in [1.807, 2.05) is 72.5 Å². The summed E-state index contributed by atoms with van der Waals surface area (Å²) in [6.45, 7) is 4.39. The number of pyridine rings is 1. The van der Waals surface area contributed by atoms with Gasteiger partial charge < -0.3 is 19.7 Å². The number of hydrogen-bond donors (Lipinski definition) is 2. The van der Waals surface area contributed by atoms with Crippen molar-refractivity contribution in [3.63, 3.8) is 0 Å². The van der Waals surface area contributed by atoms with E-state index in [0.717, 1.165) is 66.0 Å². The second kappa shape index (κ2) is 12.9. The average Bonchev–Trinajstić information content (AvgIpc) is 3.38. The second-order valence-electron chi connectivity index (χ2n) is 11.1. The maximum atomic E-state index is 13.0. The van der Waals surface area contributed by atoms with E-state index in [-0.39, 0.29) is 17.2 Å². The Balaban J connectivity index is 1.04. The molecule has 0 spiro atoms. The number of azo groups is 1. The van der Waals surface area contributed by atoms with Gasteiger partial charge in [0.25, 0.3) is 0 Å². The molecule has 10 nitrogen and oxygen atoms in total. The molecule has 1 aliphatic heterocycles. The number of aromatic hydroxyl groups is 1. The molecule has 0 aliphatic carbocycles. The fourth-order valence-corrected chi connectivity index (χ4v) is 5.62. The van der Waals surface area contributed by atoms with Crippen molar-refractivity contribution < 1.29 is 19.8 Å². The number of imidazole rings is 1. The molecule has 0 unspecified atom stereocenters. The highest BCUT2D eigenvalue weighted by atomic mass is 16.4. The number of benzene rings is 3. The van der Waals surface area contributed by atoms with Gasteiger partial charge in [0.15, 0.2) is 0 Å². The van der Waals surface area contributed by atoms with Gasteiger partial charge in [-0.3, -0.25) is 9.78 Å². The number of aromatic carboxylic acids is 1. The normalized spacial score (nSPS) is 14.1. The summed E-state index contributed by atoms with van der Waals surface area (Å²) in [5.74, 6) is -0.0550. The molecule has 6 rings (SSSR count). The summed E-state index contributed by atoms with van der Waals surface area (Å²) < 4.78 is 2.26. The first kappa shape index (κ1) is 29.4. The minimum absolute atomic E-state index is 0.0213. The molecule has 3 heterocycles. The Morgan fingerprint density at radius 3 is 2.49 bits per heavy atom. The smallest absolute Gasteiger partial charge is 0.339 e. The van der Waals surface area contributed by atoms with E-state index in [4.69, 9.17) is 0 Å². The third-order valence-electron chi connectivity index (χ3n) is 8.11. The van der Waals surface area contributed by atoms with Crippen molar-refractivity contribution in [2.75, 3.05) is 13.1 Å². The van der Waals surface area contributed by atoms with Crippen molar-refractivity contribution >= 4 is 40.4 Å². The van der Waals surface area contributed by atoms with Crippen molar-refractivity contribution in [2.24, 2.45) is 16.1 Å². The zero-order valence-electron chi connectivity index (χ0n) is 24.7. The fourth-order valence-electron chi connectivity index (χ4n) is 5.62. The predicted molar refractivity (Wildman–Crippen MR) is 172 cm³/mol. The average molecular weight is 601 g/mol. The third kappa shape index (κ3) is 6.80. The van der Waals surface area contributed by atoms with E-state index in [0.29, 0.717) is 17.3 Å². The number of amides is 1. The molecule has 45 heavy (non-hydrogen) atoms. The van der Waals surface area contributed by atoms with Crippen LogP contribution in [0.5, 0.6) is 5.75 Å². The van der Waals surface area contributed by atoms with Gasteiger partial charge in [-0.25, -0.2) is 9.78 Å². The Hall–Kier alpha value is -5.64. The number of carboxylic acids is 1. The first-order chi connectivity index (χ1) is 21.8. The van der Waals surface area contributed by atoms with Crippen LogP contribution in [0.15, 0.2) is 101 Å². The number of fused-ring (bicyclic) bond motifs is 1. The molecule has 1 aliphatic rings. The van der Waals surface area contributed by atoms with Crippen LogP contribution in [0.2, 0.25) is 0 Å². The Morgan fingerprint density at radius 2 is 1.71 bits per heavy atom. The number of nitrogens with zero attached hydrogens (tertiary/aromatic N) is 6. The van der Waals surface area contributed by atoms with Gasteiger partial charge in [0.2, 0.25) is 5.91 Å². The summed E-state index contributed by atoms with van der Waals surface area (Å²) in [4.78, 5) is 35.0. The summed E-state index contributed by atoms with van der Waals surface area (Å²) in [5, 5.41) is 27.1. The molecule has 3 aromatic carbocycles. The molecule has 0 atom stereocenters. The number of phenols is 1. The van der Waals surface area contributed by atoms with Crippen molar-refractivity contribution in [2.45, 2.75) is 26.3 Å². The molecule has 1 amide bonds. The molecule has 1 saturated heterocycles. The Labute approximate surface area is 260 Å². The van der Waals surface area contributed by atoms with Crippen LogP contribution in [0, 0.1) is 12.8 Å². The second-order valence-corrected chi connectivity index (χ2v) is 11.1. The number of rotatable bonds is 8. The van der Waals surface area contributed by atoms with Gasteiger partial charge in [0, 0.05) is 31.9 Å². The molecule has 0 bridgehead atoms. The van der Waals surface area contributed by atoms with E-state index in [1.165, 1.54) is 18.2 Å². The largest absolute Gasteiger partial charge is 0.507 e. The lowest BCUT2D eigenvalue weighted by molar-refractivity contribution is -0.127. The molecular formula is C35H32N6O4. The summed E-state index contributed by atoms with van der Waals surface area (Å²) in [5.41, 5.74) is 5.62. The number of carbonyl (C=O) groups is 2. The molecule has 10 heteroatoms. The van der Waals surface area contributed by atoms with Crippen molar-refractivity contribution in [1.82, 2.24) is 19.4 Å². The lowest BCUT2D eigenvalue weighted by atomic mass is 9.96. The van der Waals surface area contributed by atoms with Gasteiger partial charge in [-0.1, -0.05) is 30.3 Å². The summed E-state index contributed by atoms with van der Waals surface area (Å²) in [6, 6.07) is 21.5. The number of piperidine rings is 1. The number of hydrogen-bond acceptors (Lipinski definition) is 7. The quantitative estimate of drug-likeness (QED) is 0.143. The van der Waals surface area contributed by atoms with Crippen LogP contribution >= 0.6 is 0 Å². The van der Waals surface area contributed by atoms with E-state index >= 15 is 0 Å². The number of carbonyl (C=O) groups excluding carboxylic acids is 1. The van der Waals surface area contributed by atoms with Crippen molar-refractivity contribution in [3.05, 3.63) is 108 Å². The summed E-state index contributed by atoms with van der Waals surface area (Å²) >= 11 is 0. The molecule has 0 radical (unpaired) electrons.